The molecule has 0 aromatic heterocycles. The Morgan fingerprint density at radius 2 is 1.44 bits per heavy atom. The highest BCUT2D eigenvalue weighted by Crippen LogP contribution is 1.92. The molecule has 0 aliphatic carbocycles. The average Bonchev–Trinajstić information content (AvgIpc) is 2.35. The molecule has 1 amide bonds. The summed E-state index contributed by atoms with van der Waals surface area (Å²) in [6.45, 7) is 1.61. The fourth-order valence-corrected chi connectivity index (χ4v) is 1.09. The Labute approximate surface area is 106 Å². The summed E-state index contributed by atoms with van der Waals surface area (Å²) in [5.41, 5.74) is 0. The third-order valence-corrected chi connectivity index (χ3v) is 2.00. The number of hydrogen-bond donors (Lipinski definition) is 1. The maximum Gasteiger partial charge on any atom is 0.407 e. The summed E-state index contributed by atoms with van der Waals surface area (Å²) < 4.78 is 10.2. The number of carboxylic acid groups (broad SMARTS) is 1. The highest BCUT2D eigenvalue weighted by molar-refractivity contribution is 5.64. The number of rotatable bonds is 10. The molecule has 0 aromatic rings. The lowest BCUT2D eigenvalue weighted by molar-refractivity contribution is 0.0728. The van der Waals surface area contributed by atoms with Gasteiger partial charge in [-0.1, -0.05) is 0 Å². The lowest BCUT2D eigenvalue weighted by atomic mass is 10.5. The van der Waals surface area contributed by atoms with Crippen molar-refractivity contribution in [1.29, 1.82) is 10.5 Å². The zero-order chi connectivity index (χ0) is 13.6. The predicted octanol–water partition coefficient (Wildman–Crippen LogP) is 0.827. The Morgan fingerprint density at radius 1 is 1.00 bits per heavy atom. The highest BCUT2D eigenvalue weighted by atomic mass is 16.5. The van der Waals surface area contributed by atoms with Crippen molar-refractivity contribution in [2.24, 2.45) is 0 Å². The minimum Gasteiger partial charge on any atom is -0.465 e. The summed E-state index contributed by atoms with van der Waals surface area (Å²) in [6, 6.07) is 3.86. The Balaban J connectivity index is 3.64. The van der Waals surface area contributed by atoms with Crippen LogP contribution in [0.15, 0.2) is 0 Å². The second-order valence-corrected chi connectivity index (χ2v) is 3.31. The minimum absolute atomic E-state index is 0.238. The zero-order valence-corrected chi connectivity index (χ0v) is 10.2. The Kier molecular flexibility index (Phi) is 10.5. The SMILES string of the molecule is N#CCCOCCN(CCOCCC#N)C(=O)O. The van der Waals surface area contributed by atoms with Crippen LogP contribution in [-0.2, 0) is 9.47 Å². The molecule has 0 unspecified atom stereocenters. The molecule has 100 valence electrons. The van der Waals surface area contributed by atoms with Gasteiger partial charge in [-0.3, -0.25) is 0 Å². The first-order valence-electron chi connectivity index (χ1n) is 5.59. The van der Waals surface area contributed by atoms with Crippen LogP contribution in [-0.4, -0.2) is 55.6 Å². The van der Waals surface area contributed by atoms with E-state index in [9.17, 15) is 4.79 Å². The number of ether oxygens (including phenoxy) is 2. The normalized spacial score (nSPS) is 9.44. The molecule has 0 saturated heterocycles. The maximum absolute atomic E-state index is 10.8. The van der Waals surface area contributed by atoms with E-state index in [2.05, 4.69) is 0 Å². The van der Waals surface area contributed by atoms with Crippen LogP contribution >= 0.6 is 0 Å². The second kappa shape index (κ2) is 11.6. The monoisotopic (exact) mass is 255 g/mol. The molecule has 0 aliphatic rings. The fourth-order valence-electron chi connectivity index (χ4n) is 1.09. The van der Waals surface area contributed by atoms with Gasteiger partial charge < -0.3 is 19.5 Å². The van der Waals surface area contributed by atoms with Gasteiger partial charge in [-0.25, -0.2) is 4.79 Å². The summed E-state index contributed by atoms with van der Waals surface area (Å²) in [4.78, 5) is 12.0. The molecule has 18 heavy (non-hydrogen) atoms. The van der Waals surface area contributed by atoms with Gasteiger partial charge in [0.2, 0.25) is 0 Å². The molecular weight excluding hydrogens is 238 g/mol. The largest absolute Gasteiger partial charge is 0.465 e. The third-order valence-electron chi connectivity index (χ3n) is 2.00. The van der Waals surface area contributed by atoms with Gasteiger partial charge in [-0.15, -0.1) is 0 Å². The Bertz CT molecular complexity index is 284. The number of nitriles is 2. The van der Waals surface area contributed by atoms with Crippen molar-refractivity contribution in [3.63, 3.8) is 0 Å². The first kappa shape index (κ1) is 16.2. The van der Waals surface area contributed by atoms with E-state index in [1.807, 2.05) is 12.1 Å². The van der Waals surface area contributed by atoms with Crippen molar-refractivity contribution in [2.45, 2.75) is 12.8 Å². The van der Waals surface area contributed by atoms with Crippen LogP contribution in [0.1, 0.15) is 12.8 Å². The zero-order valence-electron chi connectivity index (χ0n) is 10.2. The van der Waals surface area contributed by atoms with E-state index < -0.39 is 6.09 Å². The van der Waals surface area contributed by atoms with E-state index in [4.69, 9.17) is 25.1 Å². The van der Waals surface area contributed by atoms with E-state index in [0.29, 0.717) is 26.1 Å². The Morgan fingerprint density at radius 3 is 1.78 bits per heavy atom. The molecule has 0 aliphatic heterocycles. The van der Waals surface area contributed by atoms with E-state index in [-0.39, 0.29) is 26.3 Å². The van der Waals surface area contributed by atoms with Crippen molar-refractivity contribution in [3.8, 4) is 12.1 Å². The summed E-state index contributed by atoms with van der Waals surface area (Å²) in [5.74, 6) is 0. The summed E-state index contributed by atoms with van der Waals surface area (Å²) in [7, 11) is 0. The van der Waals surface area contributed by atoms with E-state index >= 15 is 0 Å². The average molecular weight is 255 g/mol. The van der Waals surface area contributed by atoms with Gasteiger partial charge >= 0.3 is 6.09 Å². The molecule has 7 nitrogen and oxygen atoms in total. The van der Waals surface area contributed by atoms with Crippen LogP contribution in [0.5, 0.6) is 0 Å². The molecule has 0 radical (unpaired) electrons. The van der Waals surface area contributed by atoms with Crippen LogP contribution in [0.4, 0.5) is 4.79 Å². The van der Waals surface area contributed by atoms with Gasteiger partial charge in [0.1, 0.15) is 0 Å². The second-order valence-electron chi connectivity index (χ2n) is 3.31. The molecule has 0 spiro atoms. The molecule has 0 heterocycles. The first-order chi connectivity index (χ1) is 8.72. The molecule has 0 aromatic carbocycles. The number of nitrogens with zero attached hydrogens (tertiary/aromatic N) is 3. The molecule has 0 bridgehead atoms. The van der Waals surface area contributed by atoms with Crippen LogP contribution in [0.25, 0.3) is 0 Å². The van der Waals surface area contributed by atoms with Gasteiger partial charge in [-0.05, 0) is 0 Å². The highest BCUT2D eigenvalue weighted by Gasteiger charge is 2.10. The lowest BCUT2D eigenvalue weighted by Crippen LogP contribution is -2.35. The molecule has 7 heteroatoms. The van der Waals surface area contributed by atoms with Crippen LogP contribution < -0.4 is 0 Å². The Hall–Kier alpha value is -1.83. The summed E-state index contributed by atoms with van der Waals surface area (Å²) >= 11 is 0. The van der Waals surface area contributed by atoms with Gasteiger partial charge in [0, 0.05) is 13.1 Å². The smallest absolute Gasteiger partial charge is 0.407 e. The van der Waals surface area contributed by atoms with Crippen molar-refractivity contribution < 1.29 is 19.4 Å². The van der Waals surface area contributed by atoms with Gasteiger partial charge in [0.05, 0.1) is 51.4 Å². The standard InChI is InChI=1S/C11H17N3O4/c12-3-1-7-17-9-5-14(11(15)16)6-10-18-8-2-4-13/h1-2,5-10H2,(H,15,16). The van der Waals surface area contributed by atoms with Crippen molar-refractivity contribution in [2.75, 3.05) is 39.5 Å². The van der Waals surface area contributed by atoms with E-state index in [1.165, 1.54) is 4.90 Å². The lowest BCUT2D eigenvalue weighted by Gasteiger charge is -2.18. The van der Waals surface area contributed by atoms with E-state index in [1.54, 1.807) is 0 Å². The summed E-state index contributed by atoms with van der Waals surface area (Å²) in [5, 5.41) is 25.4. The van der Waals surface area contributed by atoms with Crippen LogP contribution in [0.2, 0.25) is 0 Å². The molecule has 1 N–H and O–H groups in total. The molecule has 0 atom stereocenters. The molecule has 0 fully saturated rings. The van der Waals surface area contributed by atoms with Gasteiger partial charge in [-0.2, -0.15) is 10.5 Å². The van der Waals surface area contributed by atoms with Crippen LogP contribution in [0.3, 0.4) is 0 Å². The quantitative estimate of drug-likeness (QED) is 0.579. The topological polar surface area (TPSA) is 107 Å². The van der Waals surface area contributed by atoms with Crippen molar-refractivity contribution >= 4 is 6.09 Å². The number of hydrogen-bond acceptors (Lipinski definition) is 5. The molecule has 0 saturated carbocycles. The molecular formula is C11H17N3O4. The van der Waals surface area contributed by atoms with Crippen LogP contribution in [0, 0.1) is 22.7 Å². The third kappa shape index (κ3) is 9.40. The fraction of sp³-hybridized carbons (Fsp3) is 0.727. The predicted molar refractivity (Wildman–Crippen MR) is 61.7 cm³/mol. The molecule has 0 rings (SSSR count). The van der Waals surface area contributed by atoms with Crippen molar-refractivity contribution in [3.05, 3.63) is 0 Å². The van der Waals surface area contributed by atoms with E-state index in [0.717, 1.165) is 0 Å². The number of amides is 1. The summed E-state index contributed by atoms with van der Waals surface area (Å²) in [6.07, 6.45) is -0.447. The van der Waals surface area contributed by atoms with Gasteiger partial charge in [0.15, 0.2) is 0 Å². The van der Waals surface area contributed by atoms with Gasteiger partial charge in [0.25, 0.3) is 0 Å². The minimum atomic E-state index is -1.04. The number of carbonyl (C=O) groups is 1. The first-order valence-corrected chi connectivity index (χ1v) is 5.59. The maximum atomic E-state index is 10.8. The van der Waals surface area contributed by atoms with Crippen molar-refractivity contribution in [1.82, 2.24) is 4.90 Å².